The van der Waals surface area contributed by atoms with Crippen LogP contribution in [-0.2, 0) is 4.79 Å². The summed E-state index contributed by atoms with van der Waals surface area (Å²) in [6.07, 6.45) is -0.371. The number of non-ortho nitro benzene ring substituents is 1. The molecule has 2 aromatic rings. The van der Waals surface area contributed by atoms with Crippen molar-refractivity contribution in [2.45, 2.75) is 13.3 Å². The van der Waals surface area contributed by atoms with E-state index in [1.165, 1.54) is 25.3 Å². The standard InChI is InChI=1S/C18H16N4O5/c1-12(16-5-3-4-6-17(16)26-2)21-27-15-10-13(20-18(23)7-8-19)9-14(11-15)22(24)25/h3-6,9-11H,7H2,1-2H3,(H,20,23). The number of rotatable bonds is 7. The van der Waals surface area contributed by atoms with Crippen LogP contribution in [0.4, 0.5) is 11.4 Å². The highest BCUT2D eigenvalue weighted by atomic mass is 16.6. The van der Waals surface area contributed by atoms with Crippen LogP contribution in [0.2, 0.25) is 0 Å². The van der Waals surface area contributed by atoms with Crippen molar-refractivity contribution in [2.75, 3.05) is 12.4 Å². The van der Waals surface area contributed by atoms with Crippen LogP contribution < -0.4 is 14.9 Å². The fourth-order valence-corrected chi connectivity index (χ4v) is 2.20. The molecule has 0 saturated heterocycles. The number of carbonyl (C=O) groups excluding carboxylic acids is 1. The van der Waals surface area contributed by atoms with E-state index < -0.39 is 10.8 Å². The maximum Gasteiger partial charge on any atom is 0.275 e. The average molecular weight is 368 g/mol. The van der Waals surface area contributed by atoms with Gasteiger partial charge in [0.25, 0.3) is 5.69 Å². The molecule has 0 atom stereocenters. The molecule has 9 nitrogen and oxygen atoms in total. The lowest BCUT2D eigenvalue weighted by Crippen LogP contribution is -2.10. The first-order valence-electron chi connectivity index (χ1n) is 7.76. The van der Waals surface area contributed by atoms with Crippen molar-refractivity contribution in [3.8, 4) is 17.6 Å². The SMILES string of the molecule is COc1ccccc1C(C)=NOc1cc(NC(=O)CC#N)cc([N+](=O)[O-])c1. The Hall–Kier alpha value is -3.93. The predicted octanol–water partition coefficient (Wildman–Crippen LogP) is 3.26. The van der Waals surface area contributed by atoms with Crippen LogP contribution in [0.3, 0.4) is 0 Å². The smallest absolute Gasteiger partial charge is 0.275 e. The highest BCUT2D eigenvalue weighted by molar-refractivity contribution is 6.00. The minimum atomic E-state index is -0.621. The highest BCUT2D eigenvalue weighted by Crippen LogP contribution is 2.27. The van der Waals surface area contributed by atoms with Gasteiger partial charge in [0.1, 0.15) is 12.2 Å². The molecule has 0 aromatic heterocycles. The van der Waals surface area contributed by atoms with Gasteiger partial charge in [0, 0.05) is 17.7 Å². The number of oxime groups is 1. The molecule has 0 aliphatic heterocycles. The van der Waals surface area contributed by atoms with Gasteiger partial charge in [-0.2, -0.15) is 5.26 Å². The lowest BCUT2D eigenvalue weighted by Gasteiger charge is -2.08. The number of nitro groups is 1. The number of benzene rings is 2. The predicted molar refractivity (Wildman–Crippen MR) is 97.8 cm³/mol. The number of nitriles is 1. The fourth-order valence-electron chi connectivity index (χ4n) is 2.20. The van der Waals surface area contributed by atoms with Gasteiger partial charge in [0.05, 0.1) is 35.6 Å². The summed E-state index contributed by atoms with van der Waals surface area (Å²) in [5, 5.41) is 26.0. The molecule has 0 aliphatic rings. The number of anilines is 1. The van der Waals surface area contributed by atoms with Gasteiger partial charge >= 0.3 is 0 Å². The van der Waals surface area contributed by atoms with Crippen molar-refractivity contribution < 1.29 is 19.3 Å². The van der Waals surface area contributed by atoms with E-state index in [0.29, 0.717) is 17.0 Å². The van der Waals surface area contributed by atoms with Gasteiger partial charge in [-0.25, -0.2) is 0 Å². The number of methoxy groups -OCH3 is 1. The van der Waals surface area contributed by atoms with Crippen molar-refractivity contribution in [3.63, 3.8) is 0 Å². The lowest BCUT2D eigenvalue weighted by molar-refractivity contribution is -0.384. The Balaban J connectivity index is 2.29. The second-order valence-corrected chi connectivity index (χ2v) is 5.32. The van der Waals surface area contributed by atoms with Crippen molar-refractivity contribution in [3.05, 3.63) is 58.1 Å². The summed E-state index contributed by atoms with van der Waals surface area (Å²) in [6.45, 7) is 1.70. The Labute approximate surface area is 155 Å². The van der Waals surface area contributed by atoms with Gasteiger partial charge in [-0.15, -0.1) is 0 Å². The van der Waals surface area contributed by atoms with Crippen molar-refractivity contribution >= 4 is 23.0 Å². The summed E-state index contributed by atoms with van der Waals surface area (Å²) >= 11 is 0. The van der Waals surface area contributed by atoms with Gasteiger partial charge in [0.15, 0.2) is 5.75 Å². The molecule has 2 rings (SSSR count). The highest BCUT2D eigenvalue weighted by Gasteiger charge is 2.13. The number of amides is 1. The van der Waals surface area contributed by atoms with E-state index in [2.05, 4.69) is 10.5 Å². The van der Waals surface area contributed by atoms with Crippen molar-refractivity contribution in [2.24, 2.45) is 5.16 Å². The number of nitrogens with one attached hydrogen (secondary N) is 1. The number of hydrogen-bond donors (Lipinski definition) is 1. The third kappa shape index (κ3) is 5.27. The number of hydrogen-bond acceptors (Lipinski definition) is 7. The summed E-state index contributed by atoms with van der Waals surface area (Å²) in [4.78, 5) is 27.3. The first-order chi connectivity index (χ1) is 12.9. The quantitative estimate of drug-likeness (QED) is 0.454. The lowest BCUT2D eigenvalue weighted by atomic mass is 10.1. The molecule has 0 saturated carbocycles. The van der Waals surface area contributed by atoms with Crippen LogP contribution in [-0.4, -0.2) is 23.7 Å². The van der Waals surface area contributed by atoms with Crippen molar-refractivity contribution in [1.29, 1.82) is 5.26 Å². The minimum absolute atomic E-state index is 0.0608. The van der Waals surface area contributed by atoms with Crippen LogP contribution >= 0.6 is 0 Å². The molecule has 0 unspecified atom stereocenters. The van der Waals surface area contributed by atoms with E-state index in [1.807, 2.05) is 12.1 Å². The average Bonchev–Trinajstić information content (AvgIpc) is 2.66. The van der Waals surface area contributed by atoms with E-state index in [-0.39, 0.29) is 23.5 Å². The molecule has 27 heavy (non-hydrogen) atoms. The summed E-state index contributed by atoms with van der Waals surface area (Å²) < 4.78 is 5.26. The normalized spacial score (nSPS) is 10.6. The zero-order valence-electron chi connectivity index (χ0n) is 14.6. The van der Waals surface area contributed by atoms with Gasteiger partial charge in [-0.05, 0) is 19.1 Å². The van der Waals surface area contributed by atoms with Crippen LogP contribution in [0.25, 0.3) is 0 Å². The molecule has 0 heterocycles. The molecule has 9 heteroatoms. The van der Waals surface area contributed by atoms with E-state index in [4.69, 9.17) is 14.8 Å². The molecule has 1 N–H and O–H groups in total. The van der Waals surface area contributed by atoms with Crippen LogP contribution in [0.5, 0.6) is 11.5 Å². The number of nitro benzene ring substituents is 1. The van der Waals surface area contributed by atoms with Crippen LogP contribution in [0, 0.1) is 21.4 Å². The van der Waals surface area contributed by atoms with Crippen molar-refractivity contribution in [1.82, 2.24) is 0 Å². The van der Waals surface area contributed by atoms with Crippen LogP contribution in [0.15, 0.2) is 47.6 Å². The minimum Gasteiger partial charge on any atom is -0.496 e. The zero-order valence-corrected chi connectivity index (χ0v) is 14.6. The Morgan fingerprint density at radius 2 is 2.07 bits per heavy atom. The van der Waals surface area contributed by atoms with Gasteiger partial charge < -0.3 is 14.9 Å². The zero-order chi connectivity index (χ0) is 19.8. The largest absolute Gasteiger partial charge is 0.496 e. The third-order valence-electron chi connectivity index (χ3n) is 3.41. The van der Waals surface area contributed by atoms with Gasteiger partial charge in [-0.3, -0.25) is 14.9 Å². The third-order valence-corrected chi connectivity index (χ3v) is 3.41. The first-order valence-corrected chi connectivity index (χ1v) is 7.76. The Bertz CT molecular complexity index is 934. The van der Waals surface area contributed by atoms with E-state index in [1.54, 1.807) is 25.1 Å². The van der Waals surface area contributed by atoms with E-state index >= 15 is 0 Å². The van der Waals surface area contributed by atoms with E-state index in [9.17, 15) is 14.9 Å². The monoisotopic (exact) mass is 368 g/mol. The molecular weight excluding hydrogens is 352 g/mol. The molecule has 0 spiro atoms. The summed E-state index contributed by atoms with van der Waals surface area (Å²) in [6, 6.07) is 12.6. The number of para-hydroxylation sites is 1. The van der Waals surface area contributed by atoms with Gasteiger partial charge in [0.2, 0.25) is 5.91 Å². The summed E-state index contributed by atoms with van der Waals surface area (Å²) in [7, 11) is 1.53. The maximum atomic E-state index is 11.5. The molecule has 138 valence electrons. The van der Waals surface area contributed by atoms with Crippen LogP contribution in [0.1, 0.15) is 18.9 Å². The molecule has 0 fully saturated rings. The Morgan fingerprint density at radius 3 is 2.74 bits per heavy atom. The number of nitrogens with zero attached hydrogens (tertiary/aromatic N) is 3. The maximum absolute atomic E-state index is 11.5. The number of ether oxygens (including phenoxy) is 1. The Morgan fingerprint density at radius 1 is 1.33 bits per heavy atom. The molecular formula is C18H16N4O5. The number of carbonyl (C=O) groups is 1. The molecule has 0 radical (unpaired) electrons. The summed E-state index contributed by atoms with van der Waals surface area (Å²) in [5.41, 5.74) is 1.04. The molecule has 2 aromatic carbocycles. The first kappa shape index (κ1) is 19.4. The Kier molecular flexibility index (Phi) is 6.44. The van der Waals surface area contributed by atoms with Gasteiger partial charge in [-0.1, -0.05) is 17.3 Å². The molecule has 0 aliphatic carbocycles. The molecule has 1 amide bonds. The topological polar surface area (TPSA) is 127 Å². The summed E-state index contributed by atoms with van der Waals surface area (Å²) in [5.74, 6) is 0.0780. The molecule has 0 bridgehead atoms. The second kappa shape index (κ2) is 8.96. The van der Waals surface area contributed by atoms with E-state index in [0.717, 1.165) is 0 Å². The fraction of sp³-hybridized carbons (Fsp3) is 0.167. The second-order valence-electron chi connectivity index (χ2n) is 5.32.